The number of piperazine rings is 1. The van der Waals surface area contributed by atoms with Gasteiger partial charge in [-0.3, -0.25) is 14.6 Å². The second kappa shape index (κ2) is 9.15. The normalized spacial score (nSPS) is 17.8. The summed E-state index contributed by atoms with van der Waals surface area (Å²) in [6.45, 7) is 6.65. The molecule has 0 unspecified atom stereocenters. The Morgan fingerprint density at radius 2 is 1.90 bits per heavy atom. The standard InChI is InChI=1S/C22H28N4O4S/c1-22(2,3)16-7-9-18(10-8-16)31(29,30)26-13-12-24-21(28)19(26)14-20(27)25-15-17-6-4-5-11-23-17/h4-11,19H,12-15H2,1-3H3,(H,24,28)(H,25,27)/t19-/m0/s1. The fourth-order valence-electron chi connectivity index (χ4n) is 3.38. The molecule has 0 spiro atoms. The van der Waals surface area contributed by atoms with Crippen LogP contribution in [-0.2, 0) is 31.6 Å². The molecule has 1 fully saturated rings. The quantitative estimate of drug-likeness (QED) is 0.703. The largest absolute Gasteiger partial charge is 0.353 e. The van der Waals surface area contributed by atoms with Crippen molar-refractivity contribution in [2.45, 2.75) is 50.1 Å². The maximum Gasteiger partial charge on any atom is 0.243 e. The van der Waals surface area contributed by atoms with Gasteiger partial charge in [0.1, 0.15) is 6.04 Å². The smallest absolute Gasteiger partial charge is 0.243 e. The molecule has 2 aromatic rings. The third-order valence-electron chi connectivity index (χ3n) is 5.18. The molecule has 0 saturated carbocycles. The summed E-state index contributed by atoms with van der Waals surface area (Å²) in [5.74, 6) is -0.898. The topological polar surface area (TPSA) is 108 Å². The molecule has 1 atom stereocenters. The Hall–Kier alpha value is -2.78. The summed E-state index contributed by atoms with van der Waals surface area (Å²) in [6.07, 6.45) is 1.35. The van der Waals surface area contributed by atoms with Crippen LogP contribution in [0, 0.1) is 0 Å². The van der Waals surface area contributed by atoms with Crippen LogP contribution in [0.3, 0.4) is 0 Å². The zero-order valence-corrected chi connectivity index (χ0v) is 18.8. The van der Waals surface area contributed by atoms with Gasteiger partial charge in [-0.15, -0.1) is 0 Å². The van der Waals surface area contributed by atoms with Gasteiger partial charge in [-0.1, -0.05) is 39.0 Å². The van der Waals surface area contributed by atoms with Crippen LogP contribution >= 0.6 is 0 Å². The summed E-state index contributed by atoms with van der Waals surface area (Å²) in [5, 5.41) is 5.36. The van der Waals surface area contributed by atoms with Crippen molar-refractivity contribution < 1.29 is 18.0 Å². The van der Waals surface area contributed by atoms with Gasteiger partial charge in [-0.2, -0.15) is 4.31 Å². The number of hydrogen-bond donors (Lipinski definition) is 2. The molecular weight excluding hydrogens is 416 g/mol. The lowest BCUT2D eigenvalue weighted by Gasteiger charge is -2.33. The minimum Gasteiger partial charge on any atom is -0.353 e. The van der Waals surface area contributed by atoms with Crippen LogP contribution in [0.25, 0.3) is 0 Å². The summed E-state index contributed by atoms with van der Waals surface area (Å²) >= 11 is 0. The van der Waals surface area contributed by atoms with Crippen molar-refractivity contribution in [3.63, 3.8) is 0 Å². The number of carbonyl (C=O) groups is 2. The highest BCUT2D eigenvalue weighted by molar-refractivity contribution is 7.89. The lowest BCUT2D eigenvalue weighted by molar-refractivity contribution is -0.131. The van der Waals surface area contributed by atoms with Gasteiger partial charge in [0.15, 0.2) is 0 Å². The summed E-state index contributed by atoms with van der Waals surface area (Å²) in [7, 11) is -3.94. The summed E-state index contributed by atoms with van der Waals surface area (Å²) in [4.78, 5) is 29.2. The summed E-state index contributed by atoms with van der Waals surface area (Å²) in [5.41, 5.74) is 1.57. The van der Waals surface area contributed by atoms with E-state index in [4.69, 9.17) is 0 Å². The zero-order chi connectivity index (χ0) is 22.6. The number of carbonyl (C=O) groups excluding carboxylic acids is 2. The minimum atomic E-state index is -3.94. The third kappa shape index (κ3) is 5.48. The van der Waals surface area contributed by atoms with Crippen LogP contribution in [0.5, 0.6) is 0 Å². The van der Waals surface area contributed by atoms with E-state index in [9.17, 15) is 18.0 Å². The maximum absolute atomic E-state index is 13.3. The average Bonchev–Trinajstić information content (AvgIpc) is 2.74. The average molecular weight is 445 g/mol. The molecule has 0 radical (unpaired) electrons. The fourth-order valence-corrected chi connectivity index (χ4v) is 4.97. The van der Waals surface area contributed by atoms with Crippen LogP contribution in [0.1, 0.15) is 38.4 Å². The van der Waals surface area contributed by atoms with Gasteiger partial charge in [-0.25, -0.2) is 8.42 Å². The molecule has 9 heteroatoms. The van der Waals surface area contributed by atoms with Crippen LogP contribution < -0.4 is 10.6 Å². The van der Waals surface area contributed by atoms with E-state index in [2.05, 4.69) is 15.6 Å². The first kappa shape index (κ1) is 22.9. The van der Waals surface area contributed by atoms with Crippen molar-refractivity contribution in [1.29, 1.82) is 0 Å². The minimum absolute atomic E-state index is 0.104. The predicted octanol–water partition coefficient (Wildman–Crippen LogP) is 1.57. The molecule has 1 aromatic heterocycles. The van der Waals surface area contributed by atoms with Crippen LogP contribution in [-0.4, -0.2) is 48.7 Å². The van der Waals surface area contributed by atoms with Crippen molar-refractivity contribution in [3.8, 4) is 0 Å². The van der Waals surface area contributed by atoms with Crippen molar-refractivity contribution in [1.82, 2.24) is 19.9 Å². The predicted molar refractivity (Wildman–Crippen MR) is 117 cm³/mol. The van der Waals surface area contributed by atoms with Gasteiger partial charge in [0.2, 0.25) is 21.8 Å². The monoisotopic (exact) mass is 444 g/mol. The third-order valence-corrected chi connectivity index (χ3v) is 7.10. The molecule has 8 nitrogen and oxygen atoms in total. The van der Waals surface area contributed by atoms with E-state index in [1.165, 1.54) is 0 Å². The summed E-state index contributed by atoms with van der Waals surface area (Å²) in [6, 6.07) is 10.9. The van der Waals surface area contributed by atoms with Gasteiger partial charge < -0.3 is 10.6 Å². The Balaban J connectivity index is 1.76. The second-order valence-electron chi connectivity index (χ2n) is 8.50. The number of benzene rings is 1. The van der Waals surface area contributed by atoms with E-state index >= 15 is 0 Å². The Labute approximate surface area is 183 Å². The number of amides is 2. The molecular formula is C22H28N4O4S. The molecule has 0 aliphatic carbocycles. The van der Waals surface area contributed by atoms with Gasteiger partial charge in [0, 0.05) is 19.3 Å². The van der Waals surface area contributed by atoms with Crippen molar-refractivity contribution in [2.24, 2.45) is 0 Å². The number of rotatable bonds is 6. The number of aromatic nitrogens is 1. The van der Waals surface area contributed by atoms with Gasteiger partial charge in [0.05, 0.1) is 23.6 Å². The first-order valence-corrected chi connectivity index (χ1v) is 11.6. The number of nitrogens with zero attached hydrogens (tertiary/aromatic N) is 2. The maximum atomic E-state index is 13.3. The van der Waals surface area contributed by atoms with Crippen LogP contribution in [0.4, 0.5) is 0 Å². The first-order chi connectivity index (χ1) is 14.6. The lowest BCUT2D eigenvalue weighted by atomic mass is 9.87. The molecule has 1 aliphatic rings. The lowest BCUT2D eigenvalue weighted by Crippen LogP contribution is -2.58. The summed E-state index contributed by atoms with van der Waals surface area (Å²) < 4.78 is 27.7. The first-order valence-electron chi connectivity index (χ1n) is 10.2. The van der Waals surface area contributed by atoms with Crippen molar-refractivity contribution in [3.05, 3.63) is 59.9 Å². The highest BCUT2D eigenvalue weighted by atomic mass is 32.2. The number of pyridine rings is 1. The molecule has 2 N–H and O–H groups in total. The molecule has 2 amide bonds. The van der Waals surface area contributed by atoms with E-state index < -0.39 is 27.9 Å². The highest BCUT2D eigenvalue weighted by Crippen LogP contribution is 2.26. The second-order valence-corrected chi connectivity index (χ2v) is 10.4. The van der Waals surface area contributed by atoms with E-state index in [0.29, 0.717) is 5.69 Å². The van der Waals surface area contributed by atoms with Crippen LogP contribution in [0.15, 0.2) is 53.6 Å². The zero-order valence-electron chi connectivity index (χ0n) is 18.0. The van der Waals surface area contributed by atoms with E-state index in [1.807, 2.05) is 26.8 Å². The molecule has 1 aromatic carbocycles. The molecule has 2 heterocycles. The van der Waals surface area contributed by atoms with E-state index in [-0.39, 0.29) is 36.4 Å². The Morgan fingerprint density at radius 3 is 2.52 bits per heavy atom. The number of nitrogens with one attached hydrogen (secondary N) is 2. The fraction of sp³-hybridized carbons (Fsp3) is 0.409. The van der Waals surface area contributed by atoms with E-state index in [0.717, 1.165) is 9.87 Å². The van der Waals surface area contributed by atoms with E-state index in [1.54, 1.807) is 42.6 Å². The van der Waals surface area contributed by atoms with Crippen LogP contribution in [0.2, 0.25) is 0 Å². The number of hydrogen-bond acceptors (Lipinski definition) is 5. The highest BCUT2D eigenvalue weighted by Gasteiger charge is 2.39. The van der Waals surface area contributed by atoms with Gasteiger partial charge in [-0.05, 0) is 35.2 Å². The molecule has 0 bridgehead atoms. The number of sulfonamides is 1. The van der Waals surface area contributed by atoms with Gasteiger partial charge in [0.25, 0.3) is 0 Å². The molecule has 166 valence electrons. The Morgan fingerprint density at radius 1 is 1.19 bits per heavy atom. The molecule has 1 saturated heterocycles. The molecule has 31 heavy (non-hydrogen) atoms. The Kier molecular flexibility index (Phi) is 6.76. The Bertz CT molecular complexity index is 1030. The van der Waals surface area contributed by atoms with Crippen molar-refractivity contribution in [2.75, 3.05) is 13.1 Å². The molecule has 3 rings (SSSR count). The van der Waals surface area contributed by atoms with Crippen molar-refractivity contribution >= 4 is 21.8 Å². The SMILES string of the molecule is CC(C)(C)c1ccc(S(=O)(=O)N2CCNC(=O)[C@@H]2CC(=O)NCc2ccccn2)cc1. The molecule has 1 aliphatic heterocycles. The van der Waals surface area contributed by atoms with Gasteiger partial charge >= 0.3 is 0 Å².